The van der Waals surface area contributed by atoms with Gasteiger partial charge in [0.25, 0.3) is 5.91 Å². The summed E-state index contributed by atoms with van der Waals surface area (Å²) >= 11 is 0. The molecule has 0 aliphatic carbocycles. The van der Waals surface area contributed by atoms with Crippen LogP contribution in [-0.2, 0) is 4.79 Å². The number of carboxylic acids is 1. The number of piperidine rings is 1. The van der Waals surface area contributed by atoms with Gasteiger partial charge < -0.3 is 15.3 Å². The van der Waals surface area contributed by atoms with Gasteiger partial charge in [-0.05, 0) is 32.4 Å². The maximum Gasteiger partial charge on any atom is 0.323 e. The van der Waals surface area contributed by atoms with Crippen molar-refractivity contribution in [3.63, 3.8) is 0 Å². The Kier molecular flexibility index (Phi) is 5.26. The number of nitrogens with one attached hydrogen (secondary N) is 1. The summed E-state index contributed by atoms with van der Waals surface area (Å²) in [5, 5.41) is 20.1. The number of aromatic nitrogens is 3. The fraction of sp³-hybridized carbons (Fsp3) is 0.692. The molecule has 0 unspecified atom stereocenters. The minimum atomic E-state index is -1.03. The molecule has 8 heteroatoms. The highest BCUT2D eigenvalue weighted by Gasteiger charge is 2.23. The first-order valence-electron chi connectivity index (χ1n) is 7.25. The number of hydrogen-bond acceptors (Lipinski definition) is 5. The third kappa shape index (κ3) is 4.01. The average Bonchev–Trinajstić information content (AvgIpc) is 2.96. The predicted octanol–water partition coefficient (Wildman–Crippen LogP) is 0.139. The number of amides is 1. The number of nitrogens with zero attached hydrogens (tertiary/aromatic N) is 4. The zero-order valence-electron chi connectivity index (χ0n) is 12.2. The molecule has 1 saturated heterocycles. The van der Waals surface area contributed by atoms with E-state index in [4.69, 9.17) is 5.11 Å². The Morgan fingerprint density at radius 3 is 2.81 bits per heavy atom. The first-order chi connectivity index (χ1) is 10.1. The van der Waals surface area contributed by atoms with Crippen LogP contribution < -0.4 is 5.32 Å². The van der Waals surface area contributed by atoms with E-state index in [1.807, 2.05) is 6.92 Å². The topological polar surface area (TPSA) is 100 Å². The molecule has 1 aromatic heterocycles. The van der Waals surface area contributed by atoms with Crippen molar-refractivity contribution in [2.24, 2.45) is 0 Å². The molecule has 1 aliphatic heterocycles. The number of aliphatic carboxylic acids is 1. The number of carbonyl (C=O) groups excluding carboxylic acids is 1. The van der Waals surface area contributed by atoms with Gasteiger partial charge in [-0.15, -0.1) is 5.10 Å². The van der Waals surface area contributed by atoms with E-state index in [0.717, 1.165) is 25.9 Å². The molecule has 0 atom stereocenters. The molecule has 0 spiro atoms. The van der Waals surface area contributed by atoms with Gasteiger partial charge in [-0.1, -0.05) is 12.1 Å². The number of carbonyl (C=O) groups is 2. The lowest BCUT2D eigenvalue weighted by molar-refractivity contribution is -0.137. The molecule has 1 aliphatic rings. The van der Waals surface area contributed by atoms with Crippen LogP contribution in [0, 0.1) is 0 Å². The second-order valence-electron chi connectivity index (χ2n) is 5.19. The molecule has 0 aromatic carbocycles. The first-order valence-corrected chi connectivity index (χ1v) is 7.25. The van der Waals surface area contributed by atoms with Gasteiger partial charge in [0.05, 0.1) is 12.2 Å². The minimum Gasteiger partial charge on any atom is -0.480 e. The summed E-state index contributed by atoms with van der Waals surface area (Å²) in [6, 6.07) is 0.249. The number of carboxylic acid groups (broad SMARTS) is 1. The molecule has 1 amide bonds. The zero-order chi connectivity index (χ0) is 15.2. The van der Waals surface area contributed by atoms with Gasteiger partial charge in [0, 0.05) is 6.54 Å². The molecule has 0 bridgehead atoms. The summed E-state index contributed by atoms with van der Waals surface area (Å²) in [6.07, 6.45) is 4.22. The lowest BCUT2D eigenvalue weighted by Crippen LogP contribution is -2.36. The normalized spacial score (nSPS) is 15.9. The summed E-state index contributed by atoms with van der Waals surface area (Å²) in [7, 11) is 0. The Bertz CT molecular complexity index is 496. The fourth-order valence-corrected chi connectivity index (χ4v) is 2.47. The molecule has 1 aromatic rings. The van der Waals surface area contributed by atoms with Crippen molar-refractivity contribution in [2.75, 3.05) is 26.2 Å². The van der Waals surface area contributed by atoms with Gasteiger partial charge in [-0.2, -0.15) is 0 Å². The van der Waals surface area contributed by atoms with Crippen LogP contribution in [0.15, 0.2) is 6.20 Å². The molecule has 21 heavy (non-hydrogen) atoms. The summed E-state index contributed by atoms with van der Waals surface area (Å²) in [6.45, 7) is 3.83. The highest BCUT2D eigenvalue weighted by molar-refractivity contribution is 5.93. The van der Waals surface area contributed by atoms with Crippen LogP contribution in [0.4, 0.5) is 0 Å². The van der Waals surface area contributed by atoms with Crippen LogP contribution in [0.5, 0.6) is 0 Å². The molecule has 2 rings (SSSR count). The summed E-state index contributed by atoms with van der Waals surface area (Å²) in [4.78, 5) is 24.4. The lowest BCUT2D eigenvalue weighted by Gasteiger charge is -2.22. The van der Waals surface area contributed by atoms with Gasteiger partial charge in [0.2, 0.25) is 0 Å². The Balaban J connectivity index is 2.07. The molecule has 0 saturated carbocycles. The Morgan fingerprint density at radius 1 is 1.48 bits per heavy atom. The summed E-state index contributed by atoms with van der Waals surface area (Å²) in [5.74, 6) is -1.40. The molecular formula is C13H21N5O3. The maximum atomic E-state index is 12.3. The van der Waals surface area contributed by atoms with Crippen molar-refractivity contribution >= 4 is 11.9 Å². The van der Waals surface area contributed by atoms with Gasteiger partial charge >= 0.3 is 5.97 Å². The van der Waals surface area contributed by atoms with E-state index >= 15 is 0 Å². The average molecular weight is 295 g/mol. The predicted molar refractivity (Wildman–Crippen MR) is 75.0 cm³/mol. The van der Waals surface area contributed by atoms with Crippen LogP contribution in [0.3, 0.4) is 0 Å². The quantitative estimate of drug-likeness (QED) is 0.774. The molecule has 0 radical (unpaired) electrons. The van der Waals surface area contributed by atoms with Crippen molar-refractivity contribution in [2.45, 2.75) is 32.2 Å². The highest BCUT2D eigenvalue weighted by atomic mass is 16.4. The van der Waals surface area contributed by atoms with Crippen molar-refractivity contribution in [3.05, 3.63) is 11.9 Å². The summed E-state index contributed by atoms with van der Waals surface area (Å²) < 4.78 is 1.72. The second kappa shape index (κ2) is 7.16. The number of rotatable bonds is 6. The molecule has 1 fully saturated rings. The molecule has 2 N–H and O–H groups in total. The third-order valence-corrected chi connectivity index (χ3v) is 3.52. The third-order valence-electron chi connectivity index (χ3n) is 3.52. The highest BCUT2D eigenvalue weighted by Crippen LogP contribution is 2.17. The minimum absolute atomic E-state index is 0.211. The largest absolute Gasteiger partial charge is 0.480 e. The van der Waals surface area contributed by atoms with Gasteiger partial charge in [0.15, 0.2) is 5.69 Å². The van der Waals surface area contributed by atoms with Gasteiger partial charge in [0.1, 0.15) is 6.54 Å². The Hall–Kier alpha value is -1.96. The number of hydrogen-bond donors (Lipinski definition) is 2. The first kappa shape index (κ1) is 15.4. The zero-order valence-corrected chi connectivity index (χ0v) is 12.2. The smallest absolute Gasteiger partial charge is 0.323 e. The SMILES string of the molecule is CCCN(CC(=O)O)C(=O)c1cn(C2CCNCC2)nn1. The monoisotopic (exact) mass is 295 g/mol. The van der Waals surface area contributed by atoms with Crippen LogP contribution in [0.2, 0.25) is 0 Å². The molecule has 116 valence electrons. The summed E-state index contributed by atoms with van der Waals surface area (Å²) in [5.41, 5.74) is 0.211. The van der Waals surface area contributed by atoms with Gasteiger partial charge in [-0.25, -0.2) is 4.68 Å². The van der Waals surface area contributed by atoms with Crippen molar-refractivity contribution < 1.29 is 14.7 Å². The van der Waals surface area contributed by atoms with Crippen LogP contribution >= 0.6 is 0 Å². The van der Waals surface area contributed by atoms with E-state index in [9.17, 15) is 9.59 Å². The van der Waals surface area contributed by atoms with E-state index in [1.54, 1.807) is 10.9 Å². The molecular weight excluding hydrogens is 274 g/mol. The van der Waals surface area contributed by atoms with Crippen LogP contribution in [-0.4, -0.2) is 63.1 Å². The van der Waals surface area contributed by atoms with E-state index in [-0.39, 0.29) is 24.2 Å². The maximum absolute atomic E-state index is 12.3. The molecule has 2 heterocycles. The van der Waals surface area contributed by atoms with Crippen LogP contribution in [0.25, 0.3) is 0 Å². The van der Waals surface area contributed by atoms with Crippen molar-refractivity contribution in [1.29, 1.82) is 0 Å². The van der Waals surface area contributed by atoms with E-state index in [1.165, 1.54) is 4.90 Å². The fourth-order valence-electron chi connectivity index (χ4n) is 2.47. The van der Waals surface area contributed by atoms with E-state index in [0.29, 0.717) is 13.0 Å². The van der Waals surface area contributed by atoms with Crippen molar-refractivity contribution in [3.8, 4) is 0 Å². The Morgan fingerprint density at radius 2 is 2.19 bits per heavy atom. The Labute approximate surface area is 123 Å². The van der Waals surface area contributed by atoms with Crippen LogP contribution in [0.1, 0.15) is 42.7 Å². The van der Waals surface area contributed by atoms with E-state index in [2.05, 4.69) is 15.6 Å². The second-order valence-corrected chi connectivity index (χ2v) is 5.19. The lowest BCUT2D eigenvalue weighted by atomic mass is 10.1. The standard InChI is InChI=1S/C13H21N5O3/c1-2-7-17(9-12(19)20)13(21)11-8-18(16-15-11)10-3-5-14-6-4-10/h8,10,14H,2-7,9H2,1H3,(H,19,20). The molecule has 8 nitrogen and oxygen atoms in total. The van der Waals surface area contributed by atoms with E-state index < -0.39 is 5.97 Å². The van der Waals surface area contributed by atoms with Crippen molar-refractivity contribution in [1.82, 2.24) is 25.2 Å². The van der Waals surface area contributed by atoms with Gasteiger partial charge in [-0.3, -0.25) is 9.59 Å².